The molecule has 2 rings (SSSR count). The van der Waals surface area contributed by atoms with Crippen LogP contribution in [0.15, 0.2) is 18.5 Å². The van der Waals surface area contributed by atoms with Crippen molar-refractivity contribution in [3.05, 3.63) is 41.5 Å². The number of phenols is 1. The average Bonchev–Trinajstić information content (AvgIpc) is 2.77. The van der Waals surface area contributed by atoms with Gasteiger partial charge in [0.15, 0.2) is 23.2 Å². The lowest BCUT2D eigenvalue weighted by atomic mass is 10.2. The molecular formula is C12H14F2N4O. The Bertz CT molecular complexity index is 548. The quantitative estimate of drug-likeness (QED) is 0.798. The highest BCUT2D eigenvalue weighted by Crippen LogP contribution is 2.21. The summed E-state index contributed by atoms with van der Waals surface area (Å²) in [4.78, 5) is 4.06. The first-order valence-corrected chi connectivity index (χ1v) is 5.78. The molecule has 5 nitrogen and oxygen atoms in total. The standard InChI is InChI=1S/C12H14F2N4O/c1-18-7-16-11(17-18)2-3-15-6-8-4-9(13)12(19)10(14)5-8/h4-5,7,15,19H,2-3,6H2,1H3. The van der Waals surface area contributed by atoms with Crippen molar-refractivity contribution in [2.45, 2.75) is 13.0 Å². The van der Waals surface area contributed by atoms with Crippen LogP contribution in [0.5, 0.6) is 5.75 Å². The van der Waals surface area contributed by atoms with Gasteiger partial charge in [-0.05, 0) is 17.7 Å². The van der Waals surface area contributed by atoms with E-state index in [1.165, 1.54) is 0 Å². The molecule has 0 aliphatic carbocycles. The molecule has 0 saturated carbocycles. The maximum absolute atomic E-state index is 13.1. The Morgan fingerprint density at radius 2 is 2.00 bits per heavy atom. The maximum Gasteiger partial charge on any atom is 0.187 e. The largest absolute Gasteiger partial charge is 0.503 e. The second-order valence-corrected chi connectivity index (χ2v) is 4.17. The van der Waals surface area contributed by atoms with Gasteiger partial charge in [0, 0.05) is 26.6 Å². The minimum absolute atomic E-state index is 0.307. The van der Waals surface area contributed by atoms with E-state index in [0.717, 1.165) is 12.1 Å². The zero-order valence-corrected chi connectivity index (χ0v) is 10.4. The number of hydrogen-bond donors (Lipinski definition) is 2. The molecule has 0 amide bonds. The van der Waals surface area contributed by atoms with Crippen LogP contribution in [0.2, 0.25) is 0 Å². The number of hydrogen-bond acceptors (Lipinski definition) is 4. The summed E-state index contributed by atoms with van der Waals surface area (Å²) in [5, 5.41) is 16.1. The van der Waals surface area contributed by atoms with Gasteiger partial charge in [-0.2, -0.15) is 5.10 Å². The Morgan fingerprint density at radius 1 is 1.32 bits per heavy atom. The van der Waals surface area contributed by atoms with Crippen molar-refractivity contribution in [1.29, 1.82) is 0 Å². The van der Waals surface area contributed by atoms with Crippen LogP contribution in [0.4, 0.5) is 8.78 Å². The Kier molecular flexibility index (Phi) is 4.06. The molecule has 0 aliphatic heterocycles. The van der Waals surface area contributed by atoms with Crippen LogP contribution in [-0.2, 0) is 20.0 Å². The van der Waals surface area contributed by atoms with Crippen LogP contribution in [0.25, 0.3) is 0 Å². The second kappa shape index (κ2) is 5.75. The number of aromatic hydroxyl groups is 1. The molecule has 2 N–H and O–H groups in total. The van der Waals surface area contributed by atoms with Gasteiger partial charge in [-0.3, -0.25) is 4.68 Å². The van der Waals surface area contributed by atoms with Crippen molar-refractivity contribution in [2.75, 3.05) is 6.54 Å². The molecule has 0 radical (unpaired) electrons. The third kappa shape index (κ3) is 3.47. The third-order valence-corrected chi connectivity index (χ3v) is 2.58. The summed E-state index contributed by atoms with van der Waals surface area (Å²) < 4.78 is 27.8. The monoisotopic (exact) mass is 268 g/mol. The van der Waals surface area contributed by atoms with Gasteiger partial charge < -0.3 is 10.4 Å². The topological polar surface area (TPSA) is 63.0 Å². The first-order valence-electron chi connectivity index (χ1n) is 5.78. The van der Waals surface area contributed by atoms with Gasteiger partial charge in [-0.1, -0.05) is 0 Å². The fourth-order valence-corrected chi connectivity index (χ4v) is 1.65. The minimum Gasteiger partial charge on any atom is -0.503 e. The van der Waals surface area contributed by atoms with Gasteiger partial charge >= 0.3 is 0 Å². The van der Waals surface area contributed by atoms with Crippen molar-refractivity contribution in [2.24, 2.45) is 7.05 Å². The van der Waals surface area contributed by atoms with Crippen LogP contribution < -0.4 is 5.32 Å². The summed E-state index contributed by atoms with van der Waals surface area (Å²) in [5.74, 6) is -2.15. The van der Waals surface area contributed by atoms with E-state index in [4.69, 9.17) is 5.11 Å². The number of halogens is 2. The molecule has 19 heavy (non-hydrogen) atoms. The SMILES string of the molecule is Cn1cnc(CCNCc2cc(F)c(O)c(F)c2)n1. The molecule has 0 atom stereocenters. The number of phenolic OH excluding ortho intramolecular Hbond substituents is 1. The zero-order valence-electron chi connectivity index (χ0n) is 10.4. The molecule has 1 heterocycles. The van der Waals surface area contributed by atoms with Crippen molar-refractivity contribution < 1.29 is 13.9 Å². The predicted octanol–water partition coefficient (Wildman–Crippen LogP) is 1.13. The van der Waals surface area contributed by atoms with Crippen LogP contribution in [0.3, 0.4) is 0 Å². The normalized spacial score (nSPS) is 10.9. The summed E-state index contributed by atoms with van der Waals surface area (Å²) in [6, 6.07) is 2.20. The first kappa shape index (κ1) is 13.4. The first-order chi connectivity index (χ1) is 9.06. The van der Waals surface area contributed by atoms with Gasteiger partial charge in [0.1, 0.15) is 6.33 Å². The lowest BCUT2D eigenvalue weighted by Crippen LogP contribution is -2.17. The van der Waals surface area contributed by atoms with Crippen molar-refractivity contribution in [3.8, 4) is 5.75 Å². The lowest BCUT2D eigenvalue weighted by Gasteiger charge is -2.05. The zero-order chi connectivity index (χ0) is 13.8. The molecule has 0 aliphatic rings. The summed E-state index contributed by atoms with van der Waals surface area (Å²) in [7, 11) is 1.78. The number of nitrogens with zero attached hydrogens (tertiary/aromatic N) is 3. The number of aromatic nitrogens is 3. The number of benzene rings is 1. The van der Waals surface area contributed by atoms with Gasteiger partial charge in [-0.25, -0.2) is 13.8 Å². The Balaban J connectivity index is 1.83. The fraction of sp³-hybridized carbons (Fsp3) is 0.333. The van der Waals surface area contributed by atoms with Gasteiger partial charge in [0.25, 0.3) is 0 Å². The summed E-state index contributed by atoms with van der Waals surface area (Å²) in [6.07, 6.45) is 2.24. The van der Waals surface area contributed by atoms with Crippen LogP contribution in [0.1, 0.15) is 11.4 Å². The molecule has 0 fully saturated rings. The molecule has 0 saturated heterocycles. The van der Waals surface area contributed by atoms with Crippen LogP contribution in [-0.4, -0.2) is 26.4 Å². The van der Waals surface area contributed by atoms with Crippen molar-refractivity contribution in [3.63, 3.8) is 0 Å². The average molecular weight is 268 g/mol. The molecular weight excluding hydrogens is 254 g/mol. The Hall–Kier alpha value is -2.02. The smallest absolute Gasteiger partial charge is 0.187 e. The second-order valence-electron chi connectivity index (χ2n) is 4.17. The van der Waals surface area contributed by atoms with E-state index in [0.29, 0.717) is 30.9 Å². The summed E-state index contributed by atoms with van der Waals surface area (Å²) >= 11 is 0. The summed E-state index contributed by atoms with van der Waals surface area (Å²) in [5.41, 5.74) is 0.432. The highest BCUT2D eigenvalue weighted by atomic mass is 19.1. The molecule has 0 spiro atoms. The van der Waals surface area contributed by atoms with E-state index in [-0.39, 0.29) is 0 Å². The predicted molar refractivity (Wildman–Crippen MR) is 64.4 cm³/mol. The maximum atomic E-state index is 13.1. The molecule has 102 valence electrons. The van der Waals surface area contributed by atoms with E-state index < -0.39 is 17.4 Å². The van der Waals surface area contributed by atoms with Crippen LogP contribution >= 0.6 is 0 Å². The molecule has 0 bridgehead atoms. The molecule has 2 aromatic rings. The molecule has 0 unspecified atom stereocenters. The Morgan fingerprint density at radius 3 is 2.58 bits per heavy atom. The highest BCUT2D eigenvalue weighted by Gasteiger charge is 2.09. The van der Waals surface area contributed by atoms with Crippen molar-refractivity contribution >= 4 is 0 Å². The van der Waals surface area contributed by atoms with E-state index in [1.807, 2.05) is 0 Å². The number of nitrogens with one attached hydrogen (secondary N) is 1. The van der Waals surface area contributed by atoms with Crippen LogP contribution in [0, 0.1) is 11.6 Å². The van der Waals surface area contributed by atoms with E-state index >= 15 is 0 Å². The van der Waals surface area contributed by atoms with Gasteiger partial charge in [0.05, 0.1) is 0 Å². The Labute approximate surface area is 108 Å². The molecule has 1 aromatic carbocycles. The fourth-order valence-electron chi connectivity index (χ4n) is 1.65. The van der Waals surface area contributed by atoms with Gasteiger partial charge in [-0.15, -0.1) is 0 Å². The summed E-state index contributed by atoms with van der Waals surface area (Å²) in [6.45, 7) is 0.898. The van der Waals surface area contributed by atoms with E-state index in [2.05, 4.69) is 15.4 Å². The lowest BCUT2D eigenvalue weighted by molar-refractivity contribution is 0.395. The van der Waals surface area contributed by atoms with Crippen molar-refractivity contribution in [1.82, 2.24) is 20.1 Å². The van der Waals surface area contributed by atoms with E-state index in [9.17, 15) is 8.78 Å². The third-order valence-electron chi connectivity index (χ3n) is 2.58. The molecule has 7 heteroatoms. The van der Waals surface area contributed by atoms with Gasteiger partial charge in [0.2, 0.25) is 0 Å². The number of rotatable bonds is 5. The molecule has 1 aromatic heterocycles. The van der Waals surface area contributed by atoms with E-state index in [1.54, 1.807) is 18.1 Å². The number of aryl methyl sites for hydroxylation is 1. The highest BCUT2D eigenvalue weighted by molar-refractivity contribution is 5.29. The minimum atomic E-state index is -0.955.